The summed E-state index contributed by atoms with van der Waals surface area (Å²) < 4.78 is 0. The average Bonchev–Trinajstić information content (AvgIpc) is 1.82. The zero-order chi connectivity index (χ0) is 7.28. The summed E-state index contributed by atoms with van der Waals surface area (Å²) in [6, 6.07) is 0. The number of allylic oxidation sites excluding steroid dienone is 4. The van der Waals surface area contributed by atoms with Gasteiger partial charge in [-0.3, -0.25) is 0 Å². The van der Waals surface area contributed by atoms with Crippen LogP contribution in [-0.4, -0.2) is 5.11 Å². The lowest BCUT2D eigenvalue weighted by atomic mass is 10.1. The smallest absolute Gasteiger partial charge is 0.0926 e. The second-order valence-corrected chi connectivity index (χ2v) is 1.81. The molecule has 9 heavy (non-hydrogen) atoms. The van der Waals surface area contributed by atoms with Crippen LogP contribution in [0.25, 0.3) is 0 Å². The minimum absolute atomic E-state index is 0.324. The van der Waals surface area contributed by atoms with Gasteiger partial charge in [-0.2, -0.15) is 0 Å². The van der Waals surface area contributed by atoms with E-state index in [-0.39, 0.29) is 0 Å². The molecule has 0 bridgehead atoms. The van der Waals surface area contributed by atoms with Gasteiger partial charge in [-0.1, -0.05) is 18.7 Å². The van der Waals surface area contributed by atoms with E-state index >= 15 is 0 Å². The van der Waals surface area contributed by atoms with Crippen molar-refractivity contribution in [2.45, 2.75) is 13.3 Å². The van der Waals surface area contributed by atoms with E-state index in [1.807, 2.05) is 0 Å². The Labute approximate surface area is 56.0 Å². The van der Waals surface area contributed by atoms with Crippen LogP contribution in [0.5, 0.6) is 0 Å². The van der Waals surface area contributed by atoms with Crippen molar-refractivity contribution in [2.24, 2.45) is 0 Å². The van der Waals surface area contributed by atoms with E-state index in [0.717, 1.165) is 5.57 Å². The lowest BCUT2D eigenvalue weighted by Gasteiger charge is -1.96. The number of aliphatic hydroxyl groups excluding tert-OH is 1. The summed E-state index contributed by atoms with van der Waals surface area (Å²) >= 11 is 0. The van der Waals surface area contributed by atoms with E-state index in [1.54, 1.807) is 19.1 Å². The SMILES string of the molecule is C=CC/C(C=C)=C(/C)O. The Bertz CT molecular complexity index is 139. The molecular weight excluding hydrogens is 112 g/mol. The van der Waals surface area contributed by atoms with Gasteiger partial charge < -0.3 is 5.11 Å². The van der Waals surface area contributed by atoms with E-state index in [4.69, 9.17) is 5.11 Å². The van der Waals surface area contributed by atoms with Gasteiger partial charge >= 0.3 is 0 Å². The summed E-state index contributed by atoms with van der Waals surface area (Å²) in [4.78, 5) is 0. The summed E-state index contributed by atoms with van der Waals surface area (Å²) in [5.41, 5.74) is 0.838. The van der Waals surface area contributed by atoms with Crippen molar-refractivity contribution in [3.63, 3.8) is 0 Å². The van der Waals surface area contributed by atoms with Gasteiger partial charge in [0.25, 0.3) is 0 Å². The van der Waals surface area contributed by atoms with Crippen molar-refractivity contribution in [3.8, 4) is 0 Å². The number of hydrogen-bond acceptors (Lipinski definition) is 1. The molecule has 1 heteroatoms. The van der Waals surface area contributed by atoms with Gasteiger partial charge in [0.2, 0.25) is 0 Å². The molecule has 0 aliphatic rings. The average molecular weight is 124 g/mol. The lowest BCUT2D eigenvalue weighted by molar-refractivity contribution is 0.408. The third kappa shape index (κ3) is 2.75. The number of hydrogen-bond donors (Lipinski definition) is 1. The minimum Gasteiger partial charge on any atom is -0.512 e. The molecule has 0 fully saturated rings. The maximum Gasteiger partial charge on any atom is 0.0926 e. The highest BCUT2D eigenvalue weighted by Crippen LogP contribution is 2.06. The quantitative estimate of drug-likeness (QED) is 0.348. The first-order valence-electron chi connectivity index (χ1n) is 2.84. The van der Waals surface area contributed by atoms with Crippen molar-refractivity contribution in [1.29, 1.82) is 0 Å². The van der Waals surface area contributed by atoms with Crippen LogP contribution < -0.4 is 0 Å². The van der Waals surface area contributed by atoms with Gasteiger partial charge in [0.15, 0.2) is 0 Å². The van der Waals surface area contributed by atoms with Crippen molar-refractivity contribution in [1.82, 2.24) is 0 Å². The molecular formula is C8H12O. The van der Waals surface area contributed by atoms with Crippen LogP contribution in [0, 0.1) is 0 Å². The summed E-state index contributed by atoms with van der Waals surface area (Å²) in [6.45, 7) is 8.71. The molecule has 0 saturated carbocycles. The Morgan fingerprint density at radius 2 is 2.11 bits per heavy atom. The highest BCUT2D eigenvalue weighted by molar-refractivity contribution is 5.20. The summed E-state index contributed by atoms with van der Waals surface area (Å²) in [7, 11) is 0. The van der Waals surface area contributed by atoms with Crippen LogP contribution >= 0.6 is 0 Å². The highest BCUT2D eigenvalue weighted by Gasteiger charge is 1.91. The fourth-order valence-electron chi connectivity index (χ4n) is 0.534. The maximum absolute atomic E-state index is 8.90. The van der Waals surface area contributed by atoms with Crippen LogP contribution in [0.2, 0.25) is 0 Å². The second-order valence-electron chi connectivity index (χ2n) is 1.81. The zero-order valence-electron chi connectivity index (χ0n) is 5.72. The van der Waals surface area contributed by atoms with Gasteiger partial charge in [0, 0.05) is 0 Å². The van der Waals surface area contributed by atoms with Crippen LogP contribution in [-0.2, 0) is 0 Å². The van der Waals surface area contributed by atoms with Gasteiger partial charge in [0.05, 0.1) is 5.76 Å². The molecule has 0 amide bonds. The van der Waals surface area contributed by atoms with Crippen molar-refractivity contribution >= 4 is 0 Å². The number of aliphatic hydroxyl groups is 1. The Kier molecular flexibility index (Phi) is 3.52. The molecule has 0 aliphatic heterocycles. The monoisotopic (exact) mass is 124 g/mol. The standard InChI is InChI=1S/C8H12O/c1-4-6-8(5-2)7(3)9/h4-5,9H,1-2,6H2,3H3/b8-7-. The molecule has 0 aromatic heterocycles. The molecule has 50 valence electrons. The first kappa shape index (κ1) is 8.02. The topological polar surface area (TPSA) is 20.2 Å². The molecule has 0 atom stereocenters. The van der Waals surface area contributed by atoms with Gasteiger partial charge in [-0.25, -0.2) is 0 Å². The summed E-state index contributed by atoms with van der Waals surface area (Å²) in [6.07, 6.45) is 4.06. The highest BCUT2D eigenvalue weighted by atomic mass is 16.3. The fourth-order valence-corrected chi connectivity index (χ4v) is 0.534. The third-order valence-corrected chi connectivity index (χ3v) is 1.08. The Morgan fingerprint density at radius 3 is 2.22 bits per heavy atom. The van der Waals surface area contributed by atoms with Crippen LogP contribution in [0.3, 0.4) is 0 Å². The maximum atomic E-state index is 8.90. The largest absolute Gasteiger partial charge is 0.512 e. The first-order valence-corrected chi connectivity index (χ1v) is 2.84. The predicted octanol–water partition coefficient (Wildman–Crippen LogP) is 2.58. The van der Waals surface area contributed by atoms with Crippen molar-refractivity contribution in [2.75, 3.05) is 0 Å². The number of rotatable bonds is 3. The van der Waals surface area contributed by atoms with Crippen molar-refractivity contribution in [3.05, 3.63) is 36.6 Å². The van der Waals surface area contributed by atoms with E-state index in [0.29, 0.717) is 12.2 Å². The summed E-state index contributed by atoms with van der Waals surface area (Å²) in [5.74, 6) is 0.324. The summed E-state index contributed by atoms with van der Waals surface area (Å²) in [5, 5.41) is 8.90. The van der Waals surface area contributed by atoms with E-state index in [2.05, 4.69) is 13.2 Å². The molecule has 0 heterocycles. The molecule has 1 nitrogen and oxygen atoms in total. The molecule has 0 rings (SSSR count). The van der Waals surface area contributed by atoms with E-state index in [1.165, 1.54) is 0 Å². The Balaban J connectivity index is 4.14. The molecule has 0 spiro atoms. The van der Waals surface area contributed by atoms with Crippen LogP contribution in [0.1, 0.15) is 13.3 Å². The third-order valence-electron chi connectivity index (χ3n) is 1.08. The molecule has 0 aliphatic carbocycles. The zero-order valence-corrected chi connectivity index (χ0v) is 5.72. The van der Waals surface area contributed by atoms with Crippen molar-refractivity contribution < 1.29 is 5.11 Å². The molecule has 0 aromatic carbocycles. The second kappa shape index (κ2) is 3.96. The normalized spacial score (nSPS) is 12.1. The molecule has 0 aromatic rings. The first-order chi connectivity index (χ1) is 4.22. The molecule has 0 radical (unpaired) electrons. The minimum atomic E-state index is 0.324. The van der Waals surface area contributed by atoms with E-state index in [9.17, 15) is 0 Å². The molecule has 0 saturated heterocycles. The van der Waals surface area contributed by atoms with E-state index < -0.39 is 0 Å². The van der Waals surface area contributed by atoms with Crippen LogP contribution in [0.15, 0.2) is 36.6 Å². The Hall–Kier alpha value is -0.980. The van der Waals surface area contributed by atoms with Gasteiger partial charge in [-0.15, -0.1) is 6.58 Å². The fraction of sp³-hybridized carbons (Fsp3) is 0.250. The molecule has 0 unspecified atom stereocenters. The Morgan fingerprint density at radius 1 is 1.56 bits per heavy atom. The van der Waals surface area contributed by atoms with Crippen LogP contribution in [0.4, 0.5) is 0 Å². The lowest BCUT2D eigenvalue weighted by Crippen LogP contribution is -1.80. The van der Waals surface area contributed by atoms with Gasteiger partial charge in [0.1, 0.15) is 0 Å². The predicted molar refractivity (Wildman–Crippen MR) is 40.3 cm³/mol. The molecule has 1 N–H and O–H groups in total. The van der Waals surface area contributed by atoms with Gasteiger partial charge in [-0.05, 0) is 18.9 Å².